The third kappa shape index (κ3) is 11.8. The van der Waals surface area contributed by atoms with Crippen LogP contribution in [0.3, 0.4) is 0 Å². The Kier molecular flexibility index (Phi) is 37.3. The fraction of sp³-hybridized carbons (Fsp3) is 0. The molecule has 0 amide bonds. The number of rotatable bonds is 0. The van der Waals surface area contributed by atoms with Crippen LogP contribution in [-0.2, 0) is 0 Å². The van der Waals surface area contributed by atoms with Gasteiger partial charge in [-0.25, -0.2) is 0 Å². The Morgan fingerprint density at radius 3 is 1.80 bits per heavy atom. The van der Waals surface area contributed by atoms with Crippen LogP contribution in [0.15, 0.2) is 24.4 Å². The van der Waals surface area contributed by atoms with E-state index in [-0.39, 0.29) is 66.7 Å². The second-order valence-electron chi connectivity index (χ2n) is 0.959. The monoisotopic (exact) mass is 179 g/mol. The number of hydrogen-bond acceptors (Lipinski definition) is 1. The summed E-state index contributed by atoms with van der Waals surface area (Å²) in [7, 11) is 0. The van der Waals surface area contributed by atoms with Crippen LogP contribution in [0.1, 0.15) is 0 Å². The summed E-state index contributed by atoms with van der Waals surface area (Å²) >= 11 is 0. The van der Waals surface area contributed by atoms with E-state index in [4.69, 9.17) is 0 Å². The van der Waals surface area contributed by atoms with Crippen LogP contribution in [0.25, 0.3) is 0 Å². The maximum atomic E-state index is 3.66. The molecule has 0 radical (unpaired) electrons. The van der Waals surface area contributed by atoms with Gasteiger partial charge >= 0.3 is 41.9 Å². The van der Waals surface area contributed by atoms with Gasteiger partial charge in [-0.3, -0.25) is 0 Å². The molecule has 0 unspecified atom stereocenters. The molecule has 0 aliphatic carbocycles. The summed E-state index contributed by atoms with van der Waals surface area (Å²) in [5, 5.41) is 0. The predicted molar refractivity (Wildman–Crippen MR) is 28.8 cm³/mol. The summed E-state index contributed by atoms with van der Waals surface area (Å²) in [5.41, 5.74) is 0. The van der Waals surface area contributed by atoms with Crippen molar-refractivity contribution in [3.8, 4) is 0 Å². The van der Waals surface area contributed by atoms with Crippen molar-refractivity contribution in [3.63, 3.8) is 0 Å². The van der Waals surface area contributed by atoms with Crippen LogP contribution >= 0.6 is 0 Å². The maximum absolute atomic E-state index is 3.66. The molecule has 1 nitrogen and oxygen atoms in total. The van der Waals surface area contributed by atoms with Crippen molar-refractivity contribution in [1.82, 2.24) is 4.98 Å². The molecule has 0 aromatic carbocycles. The summed E-state index contributed by atoms with van der Waals surface area (Å²) in [4.78, 5) is 3.66. The third-order valence-corrected chi connectivity index (χ3v) is 0.517. The zero-order valence-corrected chi connectivity index (χ0v) is 8.65. The molecule has 46 valence electrons. The zero-order valence-electron chi connectivity index (χ0n) is 5.72. The molecular weight excluding hydrogens is 176 g/mol. The SMILES string of the molecule is [Cl-].[Cl-].[Li+].[Mg+2].[c-]1ccccn1. The standard InChI is InChI=1S/C5H4N.2ClH.Li.Mg/c1-2-4-6-5-3-1;;;;/h1-4H;2*1H;;/q-1;;;+1;+2/p-2. The number of halogens is 2. The summed E-state index contributed by atoms with van der Waals surface area (Å²) in [6.45, 7) is 0. The molecule has 0 atom stereocenters. The molecule has 0 fully saturated rings. The number of nitrogens with zero attached hydrogens (tertiary/aromatic N) is 1. The smallest absolute Gasteiger partial charge is 1.00 e. The van der Waals surface area contributed by atoms with Crippen LogP contribution in [0.2, 0.25) is 0 Å². The van der Waals surface area contributed by atoms with Gasteiger partial charge in [0.1, 0.15) is 0 Å². The van der Waals surface area contributed by atoms with Crippen LogP contribution in [0.5, 0.6) is 0 Å². The first-order valence-electron chi connectivity index (χ1n) is 1.77. The van der Waals surface area contributed by atoms with Crippen molar-refractivity contribution >= 4 is 23.1 Å². The minimum atomic E-state index is 0. The van der Waals surface area contributed by atoms with Crippen molar-refractivity contribution in [2.75, 3.05) is 0 Å². The Labute approximate surface area is 102 Å². The summed E-state index contributed by atoms with van der Waals surface area (Å²) in [5.74, 6) is 0. The van der Waals surface area contributed by atoms with Gasteiger partial charge in [-0.2, -0.15) is 18.2 Å². The molecule has 1 aromatic rings. The van der Waals surface area contributed by atoms with Gasteiger partial charge in [0.05, 0.1) is 0 Å². The minimum absolute atomic E-state index is 0. The topological polar surface area (TPSA) is 12.9 Å². The van der Waals surface area contributed by atoms with E-state index >= 15 is 0 Å². The van der Waals surface area contributed by atoms with E-state index in [2.05, 4.69) is 11.2 Å². The van der Waals surface area contributed by atoms with Gasteiger partial charge in [0, 0.05) is 0 Å². The first kappa shape index (κ1) is 22.5. The molecule has 0 bridgehead atoms. The number of pyridine rings is 1. The van der Waals surface area contributed by atoms with Crippen molar-refractivity contribution in [2.24, 2.45) is 0 Å². The molecule has 5 heteroatoms. The van der Waals surface area contributed by atoms with E-state index in [0.717, 1.165) is 0 Å². The molecule has 0 N–H and O–H groups in total. The van der Waals surface area contributed by atoms with E-state index in [0.29, 0.717) is 0 Å². The molecule has 0 aliphatic heterocycles. The van der Waals surface area contributed by atoms with Crippen molar-refractivity contribution in [3.05, 3.63) is 30.6 Å². The predicted octanol–water partition coefficient (Wildman–Crippen LogP) is -8.49. The molecule has 0 saturated heterocycles. The molecule has 0 aliphatic rings. The third-order valence-electron chi connectivity index (χ3n) is 0.517. The quantitative estimate of drug-likeness (QED) is 0.285. The zero-order chi connectivity index (χ0) is 4.24. The molecule has 1 rings (SSSR count). The Morgan fingerprint density at radius 1 is 1.10 bits per heavy atom. The second-order valence-corrected chi connectivity index (χ2v) is 0.959. The van der Waals surface area contributed by atoms with Gasteiger partial charge in [0.15, 0.2) is 0 Å². The van der Waals surface area contributed by atoms with E-state index < -0.39 is 0 Å². The van der Waals surface area contributed by atoms with E-state index in [1.807, 2.05) is 12.1 Å². The normalized spacial score (nSPS) is 4.80. The number of aromatic nitrogens is 1. The van der Waals surface area contributed by atoms with E-state index in [1.165, 1.54) is 0 Å². The van der Waals surface area contributed by atoms with Crippen LogP contribution in [0.4, 0.5) is 0 Å². The van der Waals surface area contributed by atoms with Crippen molar-refractivity contribution in [1.29, 1.82) is 0 Å². The first-order chi connectivity index (χ1) is 3.00. The Balaban J connectivity index is -0.0000000450. The van der Waals surface area contributed by atoms with Gasteiger partial charge < -0.3 is 29.8 Å². The average Bonchev–Trinajstić information content (AvgIpc) is 1.72. The maximum Gasteiger partial charge on any atom is 2.00 e. The molecule has 0 spiro atoms. The van der Waals surface area contributed by atoms with Gasteiger partial charge in [0.25, 0.3) is 0 Å². The number of hydrogen-bond donors (Lipinski definition) is 0. The largest absolute Gasteiger partial charge is 2.00 e. The summed E-state index contributed by atoms with van der Waals surface area (Å²) in [6.07, 6.45) is 4.34. The van der Waals surface area contributed by atoms with Crippen molar-refractivity contribution < 1.29 is 43.7 Å². The Bertz CT molecular complexity index is 91.6. The fourth-order valence-electron chi connectivity index (χ4n) is 0.277. The van der Waals surface area contributed by atoms with E-state index in [1.54, 1.807) is 12.3 Å². The second kappa shape index (κ2) is 16.6. The van der Waals surface area contributed by atoms with Crippen molar-refractivity contribution in [2.45, 2.75) is 0 Å². The first-order valence-corrected chi connectivity index (χ1v) is 1.77. The van der Waals surface area contributed by atoms with Gasteiger partial charge in [-0.1, -0.05) is 12.4 Å². The van der Waals surface area contributed by atoms with Gasteiger partial charge in [-0.15, -0.1) is 0 Å². The molecule has 1 aromatic heterocycles. The van der Waals surface area contributed by atoms with Crippen LogP contribution in [-0.4, -0.2) is 28.0 Å². The molecule has 10 heavy (non-hydrogen) atoms. The summed E-state index contributed by atoms with van der Waals surface area (Å²) < 4.78 is 0. The molecule has 0 saturated carbocycles. The average molecular weight is 180 g/mol. The molecule has 1 heterocycles. The Morgan fingerprint density at radius 2 is 1.70 bits per heavy atom. The Hall–Kier alpha value is 1.09. The molecular formula is C5H4Cl2LiMgN. The van der Waals surface area contributed by atoms with Gasteiger partial charge in [-0.05, 0) is 0 Å². The fourth-order valence-corrected chi connectivity index (χ4v) is 0.277. The summed E-state index contributed by atoms with van der Waals surface area (Å²) in [6, 6.07) is 5.50. The van der Waals surface area contributed by atoms with E-state index in [9.17, 15) is 0 Å². The minimum Gasteiger partial charge on any atom is -1.00 e. The van der Waals surface area contributed by atoms with Gasteiger partial charge in [0.2, 0.25) is 0 Å². The van der Waals surface area contributed by atoms with Crippen LogP contribution in [0, 0.1) is 6.20 Å². The van der Waals surface area contributed by atoms with Crippen LogP contribution < -0.4 is 43.7 Å².